The van der Waals surface area contributed by atoms with Gasteiger partial charge in [-0.15, -0.1) is 0 Å². The number of fused-ring (bicyclic) bond motifs is 1. The molecule has 3 aliphatic rings. The summed E-state index contributed by atoms with van der Waals surface area (Å²) >= 11 is 0. The number of aromatic nitrogens is 1. The van der Waals surface area contributed by atoms with Gasteiger partial charge in [0.1, 0.15) is 5.75 Å². The van der Waals surface area contributed by atoms with Crippen LogP contribution in [0.2, 0.25) is 0 Å². The van der Waals surface area contributed by atoms with Crippen molar-refractivity contribution in [3.63, 3.8) is 0 Å². The van der Waals surface area contributed by atoms with Gasteiger partial charge in [-0.05, 0) is 58.0 Å². The number of hydrogen-bond donors (Lipinski definition) is 1. The third kappa shape index (κ3) is 4.50. The fraction of sp³-hybridized carbons (Fsp3) is 0.577. The topological polar surface area (TPSA) is 40.6 Å². The van der Waals surface area contributed by atoms with E-state index in [2.05, 4.69) is 65.6 Å². The van der Waals surface area contributed by atoms with Crippen molar-refractivity contribution < 1.29 is 4.74 Å². The molecule has 0 amide bonds. The van der Waals surface area contributed by atoms with E-state index in [1.54, 1.807) is 0 Å². The van der Waals surface area contributed by atoms with Crippen molar-refractivity contribution in [1.82, 2.24) is 20.1 Å². The first kappa shape index (κ1) is 20.9. The molecule has 1 aromatic heterocycles. The van der Waals surface area contributed by atoms with Gasteiger partial charge in [0.15, 0.2) is 0 Å². The average Bonchev–Trinajstić information content (AvgIpc) is 2.71. The minimum absolute atomic E-state index is 0.362. The number of pyridine rings is 1. The highest BCUT2D eigenvalue weighted by Gasteiger charge is 2.50. The molecule has 1 N–H and O–H groups in total. The van der Waals surface area contributed by atoms with Gasteiger partial charge in [0.05, 0.1) is 11.8 Å². The van der Waals surface area contributed by atoms with E-state index in [0.29, 0.717) is 17.6 Å². The molecule has 1 atom stereocenters. The summed E-state index contributed by atoms with van der Waals surface area (Å²) in [6.07, 6.45) is 8.01. The molecule has 0 bridgehead atoms. The Morgan fingerprint density at radius 2 is 1.97 bits per heavy atom. The molecule has 3 heterocycles. The summed E-state index contributed by atoms with van der Waals surface area (Å²) in [5.74, 6) is 1.09. The van der Waals surface area contributed by atoms with Crippen LogP contribution < -0.4 is 10.1 Å². The second-order valence-corrected chi connectivity index (χ2v) is 10.1. The van der Waals surface area contributed by atoms with Crippen molar-refractivity contribution in [2.24, 2.45) is 5.41 Å². The van der Waals surface area contributed by atoms with Crippen molar-refractivity contribution in [2.45, 2.75) is 50.8 Å². The maximum Gasteiger partial charge on any atom is 0.127 e. The number of hydrogen-bond acceptors (Lipinski definition) is 5. The van der Waals surface area contributed by atoms with Gasteiger partial charge in [0.2, 0.25) is 0 Å². The molecule has 5 rings (SSSR count). The van der Waals surface area contributed by atoms with E-state index in [1.165, 1.54) is 49.2 Å². The second kappa shape index (κ2) is 8.89. The van der Waals surface area contributed by atoms with Gasteiger partial charge < -0.3 is 15.0 Å². The van der Waals surface area contributed by atoms with Gasteiger partial charge >= 0.3 is 0 Å². The van der Waals surface area contributed by atoms with E-state index in [-0.39, 0.29) is 0 Å². The van der Waals surface area contributed by atoms with Crippen LogP contribution in [0.15, 0.2) is 42.6 Å². The molecule has 1 saturated carbocycles. The summed E-state index contributed by atoms with van der Waals surface area (Å²) in [5.41, 5.74) is 4.52. The molecular formula is C26H36N4O. The molecule has 1 unspecified atom stereocenters. The lowest BCUT2D eigenvalue weighted by molar-refractivity contribution is -0.0506. The van der Waals surface area contributed by atoms with Crippen LogP contribution in [0.1, 0.15) is 48.5 Å². The number of nitrogens with zero attached hydrogens (tertiary/aromatic N) is 3. The van der Waals surface area contributed by atoms with Crippen LogP contribution >= 0.6 is 0 Å². The standard InChI is InChI=1S/C26H36N4O/c1-29(2)13-6-9-23-25-22(11-14-30(23)17-20-7-4-3-5-8-20)28-12-10-24(25)31-21-15-26(16-21)18-27-19-26/h3-5,7-8,10,12,21,23,27H,6,9,11,13-19H2,1-2H3. The van der Waals surface area contributed by atoms with Crippen LogP contribution in [0, 0.1) is 5.41 Å². The van der Waals surface area contributed by atoms with Crippen LogP contribution in [-0.2, 0) is 13.0 Å². The van der Waals surface area contributed by atoms with Crippen LogP contribution in [0.5, 0.6) is 5.75 Å². The highest BCUT2D eigenvalue weighted by molar-refractivity contribution is 5.41. The van der Waals surface area contributed by atoms with E-state index in [0.717, 1.165) is 38.2 Å². The van der Waals surface area contributed by atoms with Crippen molar-refractivity contribution in [3.8, 4) is 5.75 Å². The zero-order valence-electron chi connectivity index (χ0n) is 19.0. The third-order valence-electron chi connectivity index (χ3n) is 7.37. The normalized spacial score (nSPS) is 22.7. The fourth-order valence-corrected chi connectivity index (χ4v) is 5.61. The summed E-state index contributed by atoms with van der Waals surface area (Å²) in [7, 11) is 4.32. The van der Waals surface area contributed by atoms with Crippen LogP contribution in [-0.4, -0.2) is 61.2 Å². The minimum Gasteiger partial charge on any atom is -0.490 e. The van der Waals surface area contributed by atoms with Gasteiger partial charge in [0.25, 0.3) is 0 Å². The first-order valence-corrected chi connectivity index (χ1v) is 11.9. The summed E-state index contributed by atoms with van der Waals surface area (Å²) in [6, 6.07) is 13.4. The Morgan fingerprint density at radius 3 is 2.68 bits per heavy atom. The van der Waals surface area contributed by atoms with Crippen LogP contribution in [0.3, 0.4) is 0 Å². The Hall–Kier alpha value is -1.95. The molecule has 166 valence electrons. The smallest absolute Gasteiger partial charge is 0.127 e. The Labute approximate surface area is 186 Å². The molecule has 1 saturated heterocycles. The lowest BCUT2D eigenvalue weighted by Gasteiger charge is -2.54. The van der Waals surface area contributed by atoms with E-state index < -0.39 is 0 Å². The van der Waals surface area contributed by atoms with E-state index >= 15 is 0 Å². The molecule has 5 nitrogen and oxygen atoms in total. The van der Waals surface area contributed by atoms with Crippen molar-refractivity contribution >= 4 is 0 Å². The molecule has 1 spiro atoms. The Morgan fingerprint density at radius 1 is 1.16 bits per heavy atom. The fourth-order valence-electron chi connectivity index (χ4n) is 5.61. The molecule has 0 radical (unpaired) electrons. The van der Waals surface area contributed by atoms with Crippen LogP contribution in [0.4, 0.5) is 0 Å². The number of nitrogens with one attached hydrogen (secondary N) is 1. The molecule has 1 aliphatic carbocycles. The predicted octanol–water partition coefficient (Wildman–Crippen LogP) is 3.65. The monoisotopic (exact) mass is 420 g/mol. The molecular weight excluding hydrogens is 384 g/mol. The van der Waals surface area contributed by atoms with Crippen molar-refractivity contribution in [1.29, 1.82) is 0 Å². The lowest BCUT2D eigenvalue weighted by Crippen LogP contribution is -2.62. The Kier molecular flexibility index (Phi) is 6.00. The zero-order chi connectivity index (χ0) is 21.3. The van der Waals surface area contributed by atoms with Gasteiger partial charge in [-0.25, -0.2) is 0 Å². The molecule has 2 aliphatic heterocycles. The lowest BCUT2D eigenvalue weighted by atomic mass is 9.63. The molecule has 1 aromatic carbocycles. The maximum atomic E-state index is 6.63. The van der Waals surface area contributed by atoms with E-state index in [1.807, 2.05) is 6.20 Å². The largest absolute Gasteiger partial charge is 0.490 e. The highest BCUT2D eigenvalue weighted by Crippen LogP contribution is 2.47. The Bertz CT molecular complexity index is 872. The van der Waals surface area contributed by atoms with E-state index in [9.17, 15) is 0 Å². The molecule has 2 fully saturated rings. The minimum atomic E-state index is 0.362. The maximum absolute atomic E-state index is 6.63. The van der Waals surface area contributed by atoms with E-state index in [4.69, 9.17) is 9.72 Å². The van der Waals surface area contributed by atoms with Gasteiger partial charge in [-0.3, -0.25) is 9.88 Å². The summed E-state index contributed by atoms with van der Waals surface area (Å²) < 4.78 is 6.63. The second-order valence-electron chi connectivity index (χ2n) is 10.1. The molecule has 5 heteroatoms. The SMILES string of the molecule is CN(C)CCCC1c2c(OC3CC4(CNC4)C3)ccnc2CCN1Cc1ccccc1. The van der Waals surface area contributed by atoms with Crippen molar-refractivity contribution in [2.75, 3.05) is 40.3 Å². The predicted molar refractivity (Wildman–Crippen MR) is 124 cm³/mol. The third-order valence-corrected chi connectivity index (χ3v) is 7.37. The van der Waals surface area contributed by atoms with Gasteiger partial charge in [-0.1, -0.05) is 30.3 Å². The zero-order valence-corrected chi connectivity index (χ0v) is 19.0. The van der Waals surface area contributed by atoms with Gasteiger partial charge in [0, 0.05) is 55.8 Å². The summed E-state index contributed by atoms with van der Waals surface area (Å²) in [4.78, 5) is 9.73. The number of ether oxygens (including phenoxy) is 1. The average molecular weight is 421 g/mol. The van der Waals surface area contributed by atoms with Crippen molar-refractivity contribution in [3.05, 3.63) is 59.4 Å². The highest BCUT2D eigenvalue weighted by atomic mass is 16.5. The molecule has 31 heavy (non-hydrogen) atoms. The first-order valence-electron chi connectivity index (χ1n) is 11.9. The number of rotatable bonds is 8. The van der Waals surface area contributed by atoms with Gasteiger partial charge in [-0.2, -0.15) is 0 Å². The first-order chi connectivity index (χ1) is 15.1. The summed E-state index contributed by atoms with van der Waals surface area (Å²) in [6.45, 7) is 5.49. The summed E-state index contributed by atoms with van der Waals surface area (Å²) in [5, 5.41) is 3.43. The Balaban J connectivity index is 1.37. The number of benzene rings is 1. The quantitative estimate of drug-likeness (QED) is 0.706. The molecule has 2 aromatic rings. The van der Waals surface area contributed by atoms with Crippen LogP contribution in [0.25, 0.3) is 0 Å².